The molecule has 0 aliphatic carbocycles. The van der Waals surface area contributed by atoms with Crippen molar-refractivity contribution in [2.75, 3.05) is 20.9 Å². The lowest BCUT2D eigenvalue weighted by Gasteiger charge is -2.05. The van der Waals surface area contributed by atoms with Crippen molar-refractivity contribution >= 4 is 0 Å². The maximum absolute atomic E-state index is 5.30. The van der Waals surface area contributed by atoms with Crippen LogP contribution < -0.4 is 10.1 Å². The van der Waals surface area contributed by atoms with Crippen molar-refractivity contribution in [2.45, 2.75) is 6.61 Å². The molecule has 1 N–H and O–H groups in total. The Hall–Kier alpha value is -1.06. The maximum Gasteiger partial charge on any atom is 0.119 e. The Balaban J connectivity index is 2.46. The zero-order valence-corrected chi connectivity index (χ0v) is 8.04. The van der Waals surface area contributed by atoms with E-state index in [9.17, 15) is 0 Å². The molecule has 0 aliphatic rings. The lowest BCUT2D eigenvalue weighted by Crippen LogP contribution is -2.11. The van der Waals surface area contributed by atoms with Crippen molar-refractivity contribution in [3.63, 3.8) is 0 Å². The van der Waals surface area contributed by atoms with E-state index in [0.29, 0.717) is 13.3 Å². The molecule has 0 heterocycles. The second-order valence-corrected chi connectivity index (χ2v) is 2.70. The molecule has 0 saturated heterocycles. The molecule has 0 spiro atoms. The van der Waals surface area contributed by atoms with Gasteiger partial charge < -0.3 is 9.47 Å². The second kappa shape index (κ2) is 5.56. The lowest BCUT2D eigenvalue weighted by atomic mass is 10.2. The largest absolute Gasteiger partial charge is 0.497 e. The Morgan fingerprint density at radius 3 is 2.92 bits per heavy atom. The average Bonchev–Trinajstić information content (AvgIpc) is 2.19. The van der Waals surface area contributed by atoms with E-state index in [1.807, 2.05) is 31.3 Å². The monoisotopic (exact) mass is 181 g/mol. The van der Waals surface area contributed by atoms with Crippen LogP contribution in [0.2, 0.25) is 0 Å². The third kappa shape index (κ3) is 3.44. The van der Waals surface area contributed by atoms with Crippen LogP contribution in [0.1, 0.15) is 5.56 Å². The van der Waals surface area contributed by atoms with Crippen LogP contribution in [-0.4, -0.2) is 20.9 Å². The molecule has 13 heavy (non-hydrogen) atoms. The molecule has 0 aliphatic heterocycles. The molecular weight excluding hydrogens is 166 g/mol. The Morgan fingerprint density at radius 1 is 1.38 bits per heavy atom. The van der Waals surface area contributed by atoms with Crippen LogP contribution >= 0.6 is 0 Å². The van der Waals surface area contributed by atoms with Gasteiger partial charge in [0.2, 0.25) is 0 Å². The Morgan fingerprint density at radius 2 is 2.23 bits per heavy atom. The predicted molar refractivity (Wildman–Crippen MR) is 51.7 cm³/mol. The van der Waals surface area contributed by atoms with E-state index in [4.69, 9.17) is 9.47 Å². The van der Waals surface area contributed by atoms with Gasteiger partial charge in [0.05, 0.1) is 20.4 Å². The van der Waals surface area contributed by atoms with Gasteiger partial charge in [0, 0.05) is 0 Å². The summed E-state index contributed by atoms with van der Waals surface area (Å²) < 4.78 is 10.4. The Bertz CT molecular complexity index is 250. The lowest BCUT2D eigenvalue weighted by molar-refractivity contribution is 0.108. The number of hydrogen-bond acceptors (Lipinski definition) is 3. The second-order valence-electron chi connectivity index (χ2n) is 2.70. The minimum atomic E-state index is 0.567. The zero-order valence-electron chi connectivity index (χ0n) is 8.04. The van der Waals surface area contributed by atoms with E-state index in [2.05, 4.69) is 5.32 Å². The van der Waals surface area contributed by atoms with E-state index in [1.165, 1.54) is 0 Å². The smallest absolute Gasteiger partial charge is 0.119 e. The topological polar surface area (TPSA) is 30.5 Å². The van der Waals surface area contributed by atoms with Crippen LogP contribution in [-0.2, 0) is 11.3 Å². The number of ether oxygens (including phenoxy) is 2. The standard InChI is InChI=1S/C10H15NO2/c1-11-8-13-7-9-4-3-5-10(6-9)12-2/h3-6,11H,7-8H2,1-2H3. The van der Waals surface area contributed by atoms with Crippen LogP contribution in [0.15, 0.2) is 24.3 Å². The third-order valence-corrected chi connectivity index (χ3v) is 1.65. The van der Waals surface area contributed by atoms with Gasteiger partial charge in [-0.05, 0) is 24.7 Å². The molecule has 0 atom stereocenters. The molecule has 0 amide bonds. The first-order chi connectivity index (χ1) is 6.36. The molecule has 0 aromatic heterocycles. The first-order valence-corrected chi connectivity index (χ1v) is 4.22. The van der Waals surface area contributed by atoms with Crippen LogP contribution in [0, 0.1) is 0 Å². The molecular formula is C10H15NO2. The molecule has 0 unspecified atom stereocenters. The van der Waals surface area contributed by atoms with Gasteiger partial charge in [-0.3, -0.25) is 5.32 Å². The maximum atomic E-state index is 5.30. The highest BCUT2D eigenvalue weighted by molar-refractivity contribution is 5.27. The first-order valence-electron chi connectivity index (χ1n) is 4.22. The van der Waals surface area contributed by atoms with Crippen molar-refractivity contribution in [3.8, 4) is 5.75 Å². The van der Waals surface area contributed by atoms with E-state index < -0.39 is 0 Å². The van der Waals surface area contributed by atoms with Crippen LogP contribution in [0.25, 0.3) is 0 Å². The fourth-order valence-corrected chi connectivity index (χ4v) is 1.03. The van der Waals surface area contributed by atoms with E-state index in [0.717, 1.165) is 11.3 Å². The fraction of sp³-hybridized carbons (Fsp3) is 0.400. The summed E-state index contributed by atoms with van der Waals surface area (Å²) in [6, 6.07) is 7.85. The van der Waals surface area contributed by atoms with Crippen LogP contribution in [0.5, 0.6) is 5.75 Å². The summed E-state index contributed by atoms with van der Waals surface area (Å²) in [7, 11) is 3.51. The summed E-state index contributed by atoms with van der Waals surface area (Å²) in [5.74, 6) is 0.866. The van der Waals surface area contributed by atoms with Crippen molar-refractivity contribution in [1.82, 2.24) is 5.32 Å². The van der Waals surface area contributed by atoms with Gasteiger partial charge in [-0.2, -0.15) is 0 Å². The molecule has 1 rings (SSSR count). The van der Waals surface area contributed by atoms with E-state index >= 15 is 0 Å². The summed E-state index contributed by atoms with van der Waals surface area (Å²) >= 11 is 0. The SMILES string of the molecule is CNCOCc1cccc(OC)c1. The van der Waals surface area contributed by atoms with Gasteiger partial charge in [0.15, 0.2) is 0 Å². The van der Waals surface area contributed by atoms with Crippen LogP contribution in [0.3, 0.4) is 0 Å². The summed E-state index contributed by atoms with van der Waals surface area (Å²) in [6.07, 6.45) is 0. The molecule has 0 saturated carbocycles. The molecule has 1 aromatic carbocycles. The Kier molecular flexibility index (Phi) is 4.29. The molecule has 0 fully saturated rings. The number of rotatable bonds is 5. The fourth-order valence-electron chi connectivity index (χ4n) is 1.03. The zero-order chi connectivity index (χ0) is 9.52. The van der Waals surface area contributed by atoms with Crippen LogP contribution in [0.4, 0.5) is 0 Å². The molecule has 3 nitrogen and oxygen atoms in total. The Labute approximate surface area is 78.7 Å². The molecule has 3 heteroatoms. The highest BCUT2D eigenvalue weighted by atomic mass is 16.5. The van der Waals surface area contributed by atoms with E-state index in [1.54, 1.807) is 7.11 Å². The molecule has 72 valence electrons. The first kappa shape index (κ1) is 10.0. The molecule has 0 bridgehead atoms. The summed E-state index contributed by atoms with van der Waals surface area (Å²) in [5.41, 5.74) is 1.12. The molecule has 0 radical (unpaired) electrons. The van der Waals surface area contributed by atoms with Gasteiger partial charge in [0.25, 0.3) is 0 Å². The molecule has 1 aromatic rings. The van der Waals surface area contributed by atoms with Gasteiger partial charge in [-0.15, -0.1) is 0 Å². The van der Waals surface area contributed by atoms with Gasteiger partial charge >= 0.3 is 0 Å². The third-order valence-electron chi connectivity index (χ3n) is 1.65. The quantitative estimate of drug-likeness (QED) is 0.550. The minimum absolute atomic E-state index is 0.567. The van der Waals surface area contributed by atoms with Crippen molar-refractivity contribution < 1.29 is 9.47 Å². The summed E-state index contributed by atoms with van der Waals surface area (Å²) in [5, 5.41) is 2.91. The van der Waals surface area contributed by atoms with E-state index in [-0.39, 0.29) is 0 Å². The van der Waals surface area contributed by atoms with Gasteiger partial charge in [-0.25, -0.2) is 0 Å². The number of benzene rings is 1. The number of nitrogens with one attached hydrogen (secondary N) is 1. The highest BCUT2D eigenvalue weighted by Gasteiger charge is 1.94. The number of methoxy groups -OCH3 is 1. The van der Waals surface area contributed by atoms with Crippen molar-refractivity contribution in [3.05, 3.63) is 29.8 Å². The summed E-state index contributed by atoms with van der Waals surface area (Å²) in [6.45, 7) is 1.18. The van der Waals surface area contributed by atoms with Gasteiger partial charge in [-0.1, -0.05) is 12.1 Å². The predicted octanol–water partition coefficient (Wildman–Crippen LogP) is 1.39. The van der Waals surface area contributed by atoms with Gasteiger partial charge in [0.1, 0.15) is 5.75 Å². The minimum Gasteiger partial charge on any atom is -0.497 e. The summed E-state index contributed by atoms with van der Waals surface area (Å²) in [4.78, 5) is 0. The van der Waals surface area contributed by atoms with Crippen molar-refractivity contribution in [2.24, 2.45) is 0 Å². The van der Waals surface area contributed by atoms with Crippen molar-refractivity contribution in [1.29, 1.82) is 0 Å². The highest BCUT2D eigenvalue weighted by Crippen LogP contribution is 2.12. The normalized spacial score (nSPS) is 10.0. The average molecular weight is 181 g/mol. The number of hydrogen-bond donors (Lipinski definition) is 1.